The molecule has 3 aromatic rings. The van der Waals surface area contributed by atoms with Gasteiger partial charge in [0, 0.05) is 20.1 Å². The van der Waals surface area contributed by atoms with E-state index in [1.165, 1.54) is 0 Å². The van der Waals surface area contributed by atoms with Gasteiger partial charge in [-0.15, -0.1) is 0 Å². The van der Waals surface area contributed by atoms with Gasteiger partial charge in [0.05, 0.1) is 18.1 Å². The molecule has 0 saturated heterocycles. The average Bonchev–Trinajstić information content (AvgIpc) is 2.71. The number of carbonyl (C=O) groups is 1. The summed E-state index contributed by atoms with van der Waals surface area (Å²) in [6.07, 6.45) is 0. The number of hydrogen-bond donors (Lipinski definition) is 0. The highest BCUT2D eigenvalue weighted by atomic mass is 16.5. The summed E-state index contributed by atoms with van der Waals surface area (Å²) < 4.78 is 11.0. The van der Waals surface area contributed by atoms with E-state index in [0.29, 0.717) is 36.2 Å². The highest BCUT2D eigenvalue weighted by Crippen LogP contribution is 2.31. The van der Waals surface area contributed by atoms with Crippen molar-refractivity contribution in [2.45, 2.75) is 0 Å². The van der Waals surface area contributed by atoms with Crippen LogP contribution < -0.4 is 19.3 Å². The highest BCUT2D eigenvalue weighted by Gasteiger charge is 2.28. The van der Waals surface area contributed by atoms with Crippen molar-refractivity contribution in [2.75, 3.05) is 43.7 Å². The number of carbonyl (C=O) groups excluding carboxylic acids is 1. The van der Waals surface area contributed by atoms with E-state index < -0.39 is 0 Å². The molecule has 7 heteroatoms. The predicted molar refractivity (Wildman–Crippen MR) is 104 cm³/mol. The number of fused-ring (bicyclic) bond motifs is 2. The van der Waals surface area contributed by atoms with E-state index in [1.807, 2.05) is 48.3 Å². The number of para-hydroxylation sites is 4. The Labute approximate surface area is 157 Å². The summed E-state index contributed by atoms with van der Waals surface area (Å²) in [6.45, 7) is 1.11. The van der Waals surface area contributed by atoms with Crippen molar-refractivity contribution < 1.29 is 14.3 Å². The van der Waals surface area contributed by atoms with Crippen LogP contribution in [0.25, 0.3) is 11.0 Å². The second kappa shape index (κ2) is 7.11. The fraction of sp³-hybridized carbons (Fsp3) is 0.250. The van der Waals surface area contributed by atoms with Gasteiger partial charge in [-0.2, -0.15) is 0 Å². The molecule has 0 bridgehead atoms. The summed E-state index contributed by atoms with van der Waals surface area (Å²) >= 11 is 0. The largest absolute Gasteiger partial charge is 0.493 e. The number of likely N-dealkylation sites (N-methyl/N-ethyl adjacent to an activating group) is 1. The van der Waals surface area contributed by atoms with Gasteiger partial charge in [-0.25, -0.2) is 9.97 Å². The SMILES string of the molecule is COc1ccccc1OCC(=O)N1CCN(C)c2nc3ccccc3nc21. The number of methoxy groups -OCH3 is 1. The first-order valence-electron chi connectivity index (χ1n) is 8.71. The second-order valence-corrected chi connectivity index (χ2v) is 6.27. The number of benzene rings is 2. The van der Waals surface area contributed by atoms with Gasteiger partial charge in [0.15, 0.2) is 29.7 Å². The van der Waals surface area contributed by atoms with E-state index in [4.69, 9.17) is 9.47 Å². The van der Waals surface area contributed by atoms with E-state index in [-0.39, 0.29) is 12.5 Å². The second-order valence-electron chi connectivity index (χ2n) is 6.27. The Balaban J connectivity index is 1.60. The molecule has 1 aromatic heterocycles. The summed E-state index contributed by atoms with van der Waals surface area (Å²) in [5.74, 6) is 2.23. The van der Waals surface area contributed by atoms with Crippen LogP contribution in [0, 0.1) is 0 Å². The maximum atomic E-state index is 12.9. The van der Waals surface area contributed by atoms with Crippen LogP contribution in [-0.4, -0.2) is 49.7 Å². The van der Waals surface area contributed by atoms with Gasteiger partial charge in [-0.1, -0.05) is 24.3 Å². The van der Waals surface area contributed by atoms with E-state index in [1.54, 1.807) is 24.1 Å². The summed E-state index contributed by atoms with van der Waals surface area (Å²) in [4.78, 5) is 25.9. The topological polar surface area (TPSA) is 67.8 Å². The molecule has 0 fully saturated rings. The molecule has 0 atom stereocenters. The zero-order valence-corrected chi connectivity index (χ0v) is 15.3. The first-order chi connectivity index (χ1) is 13.2. The van der Waals surface area contributed by atoms with Crippen LogP contribution in [0.2, 0.25) is 0 Å². The van der Waals surface area contributed by atoms with E-state index in [0.717, 1.165) is 11.0 Å². The Morgan fingerprint density at radius 1 is 0.963 bits per heavy atom. The number of hydrogen-bond acceptors (Lipinski definition) is 6. The van der Waals surface area contributed by atoms with E-state index in [2.05, 4.69) is 9.97 Å². The minimum atomic E-state index is -0.167. The predicted octanol–water partition coefficient (Wildman–Crippen LogP) is 2.50. The molecule has 7 nitrogen and oxygen atoms in total. The Morgan fingerprint density at radius 3 is 2.30 bits per heavy atom. The van der Waals surface area contributed by atoms with Crippen LogP contribution >= 0.6 is 0 Å². The highest BCUT2D eigenvalue weighted by molar-refractivity contribution is 5.98. The van der Waals surface area contributed by atoms with Crippen molar-refractivity contribution in [1.82, 2.24) is 9.97 Å². The molecular formula is C20H20N4O3. The Hall–Kier alpha value is -3.35. The molecule has 0 radical (unpaired) electrons. The fourth-order valence-electron chi connectivity index (χ4n) is 3.08. The molecule has 4 rings (SSSR count). The first kappa shape index (κ1) is 17.1. The number of ether oxygens (including phenoxy) is 2. The molecular weight excluding hydrogens is 344 g/mol. The van der Waals surface area contributed by atoms with Crippen molar-refractivity contribution in [3.8, 4) is 11.5 Å². The van der Waals surface area contributed by atoms with E-state index in [9.17, 15) is 4.79 Å². The number of anilines is 2. The molecule has 1 aliphatic rings. The zero-order chi connectivity index (χ0) is 18.8. The van der Waals surface area contributed by atoms with Crippen LogP contribution in [0.1, 0.15) is 0 Å². The molecule has 0 saturated carbocycles. The molecule has 138 valence electrons. The van der Waals surface area contributed by atoms with Gasteiger partial charge in [0.2, 0.25) is 0 Å². The van der Waals surface area contributed by atoms with E-state index >= 15 is 0 Å². The molecule has 1 aliphatic heterocycles. The van der Waals surface area contributed by atoms with Crippen molar-refractivity contribution in [1.29, 1.82) is 0 Å². The van der Waals surface area contributed by atoms with Crippen LogP contribution in [-0.2, 0) is 4.79 Å². The Morgan fingerprint density at radius 2 is 1.59 bits per heavy atom. The summed E-state index contributed by atoms with van der Waals surface area (Å²) in [6, 6.07) is 14.9. The summed E-state index contributed by atoms with van der Waals surface area (Å²) in [5.41, 5.74) is 1.57. The molecule has 1 amide bonds. The lowest BCUT2D eigenvalue weighted by molar-refractivity contribution is -0.120. The molecule has 27 heavy (non-hydrogen) atoms. The first-order valence-corrected chi connectivity index (χ1v) is 8.71. The normalized spacial score (nSPS) is 13.4. The number of nitrogens with zero attached hydrogens (tertiary/aromatic N) is 4. The van der Waals surface area contributed by atoms with Crippen molar-refractivity contribution in [3.05, 3.63) is 48.5 Å². The van der Waals surface area contributed by atoms with Crippen molar-refractivity contribution >= 4 is 28.6 Å². The molecule has 0 unspecified atom stereocenters. The Kier molecular flexibility index (Phi) is 4.50. The van der Waals surface area contributed by atoms with Crippen LogP contribution in [0.5, 0.6) is 11.5 Å². The van der Waals surface area contributed by atoms with Crippen LogP contribution in [0.4, 0.5) is 11.6 Å². The maximum absolute atomic E-state index is 12.9. The van der Waals surface area contributed by atoms with Crippen LogP contribution in [0.15, 0.2) is 48.5 Å². The van der Waals surface area contributed by atoms with Gasteiger partial charge in [0.1, 0.15) is 0 Å². The monoisotopic (exact) mass is 364 g/mol. The lowest BCUT2D eigenvalue weighted by atomic mass is 10.2. The molecule has 0 aliphatic carbocycles. The standard InChI is InChI=1S/C20H20N4O3/c1-23-11-12-24(18(25)13-27-17-10-6-5-9-16(17)26-2)20-19(23)21-14-7-3-4-8-15(14)22-20/h3-10H,11-13H2,1-2H3. The lowest BCUT2D eigenvalue weighted by Crippen LogP contribution is -2.45. The summed E-state index contributed by atoms with van der Waals surface area (Å²) in [5, 5.41) is 0. The molecule has 0 spiro atoms. The smallest absolute Gasteiger partial charge is 0.266 e. The quantitative estimate of drug-likeness (QED) is 0.709. The van der Waals surface area contributed by atoms with Crippen molar-refractivity contribution in [2.24, 2.45) is 0 Å². The van der Waals surface area contributed by atoms with Gasteiger partial charge in [-0.3, -0.25) is 9.69 Å². The molecule has 2 aromatic carbocycles. The van der Waals surface area contributed by atoms with Crippen LogP contribution in [0.3, 0.4) is 0 Å². The number of rotatable bonds is 4. The lowest BCUT2D eigenvalue weighted by Gasteiger charge is -2.33. The maximum Gasteiger partial charge on any atom is 0.266 e. The van der Waals surface area contributed by atoms with Gasteiger partial charge >= 0.3 is 0 Å². The van der Waals surface area contributed by atoms with Gasteiger partial charge < -0.3 is 14.4 Å². The third-order valence-corrected chi connectivity index (χ3v) is 4.53. The average molecular weight is 364 g/mol. The third kappa shape index (κ3) is 3.23. The van der Waals surface area contributed by atoms with Crippen molar-refractivity contribution in [3.63, 3.8) is 0 Å². The number of amides is 1. The minimum Gasteiger partial charge on any atom is -0.493 e. The molecule has 0 N–H and O–H groups in total. The third-order valence-electron chi connectivity index (χ3n) is 4.53. The van der Waals surface area contributed by atoms with Gasteiger partial charge in [-0.05, 0) is 24.3 Å². The van der Waals surface area contributed by atoms with Gasteiger partial charge in [0.25, 0.3) is 5.91 Å². The minimum absolute atomic E-state index is 0.0992. The fourth-order valence-corrected chi connectivity index (χ4v) is 3.08. The zero-order valence-electron chi connectivity index (χ0n) is 15.3. The summed E-state index contributed by atoms with van der Waals surface area (Å²) in [7, 11) is 3.52. The molecule has 2 heterocycles. The number of aromatic nitrogens is 2. The Bertz CT molecular complexity index is 992.